The molecule has 1 unspecified atom stereocenters. The molecule has 2 heterocycles. The molecule has 1 atom stereocenters. The summed E-state index contributed by atoms with van der Waals surface area (Å²) in [6.45, 7) is 6.54. The topological polar surface area (TPSA) is 40.7 Å². The largest absolute Gasteiger partial charge is 0.377 e. The second-order valence-electron chi connectivity index (χ2n) is 4.87. The molecule has 98 valence electrons. The van der Waals surface area contributed by atoms with Crippen molar-refractivity contribution < 1.29 is 0 Å². The monoisotopic (exact) mass is 271 g/mol. The molecule has 3 rings (SSSR count). The molecule has 0 spiro atoms. The second kappa shape index (κ2) is 4.70. The number of aryl methyl sites for hydroxylation is 2. The van der Waals surface area contributed by atoms with E-state index in [4.69, 9.17) is 0 Å². The fourth-order valence-electron chi connectivity index (χ4n) is 2.48. The number of aromatic amines is 1. The lowest BCUT2D eigenvalue weighted by molar-refractivity contribution is 0.882. The van der Waals surface area contributed by atoms with Crippen molar-refractivity contribution in [3.8, 4) is 0 Å². The van der Waals surface area contributed by atoms with Gasteiger partial charge in [-0.15, -0.1) is 11.3 Å². The number of aromatic nitrogens is 2. The van der Waals surface area contributed by atoms with Crippen molar-refractivity contribution in [1.29, 1.82) is 0 Å². The number of nitrogens with one attached hydrogen (secondary N) is 2. The highest BCUT2D eigenvalue weighted by Gasteiger charge is 2.12. The summed E-state index contributed by atoms with van der Waals surface area (Å²) in [5, 5.41) is 11.9. The minimum absolute atomic E-state index is 0.291. The Kier molecular flexibility index (Phi) is 3.03. The maximum Gasteiger partial charge on any atom is 0.0881 e. The summed E-state index contributed by atoms with van der Waals surface area (Å²) in [7, 11) is 0. The molecule has 1 aromatic carbocycles. The maximum absolute atomic E-state index is 4.10. The molecule has 3 nitrogen and oxygen atoms in total. The molecular formula is C15H17N3S. The van der Waals surface area contributed by atoms with Gasteiger partial charge in [0.25, 0.3) is 0 Å². The lowest BCUT2D eigenvalue weighted by Gasteiger charge is -2.16. The highest BCUT2D eigenvalue weighted by Crippen LogP contribution is 2.30. The predicted octanol–water partition coefficient (Wildman–Crippen LogP) is 4.41. The third-order valence-electron chi connectivity index (χ3n) is 3.39. The molecule has 0 fully saturated rings. The number of anilines is 1. The van der Waals surface area contributed by atoms with Gasteiger partial charge in [0.15, 0.2) is 0 Å². The van der Waals surface area contributed by atoms with E-state index in [0.717, 1.165) is 16.6 Å². The van der Waals surface area contributed by atoms with Gasteiger partial charge in [-0.05, 0) is 38.5 Å². The van der Waals surface area contributed by atoms with E-state index in [-0.39, 0.29) is 0 Å². The third kappa shape index (κ3) is 2.24. The van der Waals surface area contributed by atoms with Crippen LogP contribution in [0.2, 0.25) is 0 Å². The predicted molar refractivity (Wildman–Crippen MR) is 81.9 cm³/mol. The molecule has 3 aromatic rings. The molecule has 0 aliphatic heterocycles. The summed E-state index contributed by atoms with van der Waals surface area (Å²) >= 11 is 1.85. The number of nitrogens with zero attached hydrogens (tertiary/aromatic N) is 1. The Morgan fingerprint density at radius 3 is 2.89 bits per heavy atom. The fraction of sp³-hybridized carbons (Fsp3) is 0.267. The van der Waals surface area contributed by atoms with E-state index in [2.05, 4.69) is 60.6 Å². The summed E-state index contributed by atoms with van der Waals surface area (Å²) in [6.07, 6.45) is 1.85. The molecule has 0 amide bonds. The molecule has 2 N–H and O–H groups in total. The van der Waals surface area contributed by atoms with E-state index in [1.165, 1.54) is 15.3 Å². The maximum atomic E-state index is 4.10. The quantitative estimate of drug-likeness (QED) is 0.740. The molecule has 0 aliphatic rings. The van der Waals surface area contributed by atoms with Gasteiger partial charge in [-0.25, -0.2) is 0 Å². The van der Waals surface area contributed by atoms with Crippen LogP contribution >= 0.6 is 11.3 Å². The summed E-state index contributed by atoms with van der Waals surface area (Å²) in [6, 6.07) is 8.77. The first-order valence-corrected chi connectivity index (χ1v) is 7.22. The molecule has 0 aliphatic carbocycles. The van der Waals surface area contributed by atoms with Crippen LogP contribution in [0.3, 0.4) is 0 Å². The van der Waals surface area contributed by atoms with Gasteiger partial charge in [-0.2, -0.15) is 5.10 Å². The van der Waals surface area contributed by atoms with Crippen LogP contribution in [0.4, 0.5) is 5.69 Å². The van der Waals surface area contributed by atoms with Crippen LogP contribution in [0, 0.1) is 13.8 Å². The van der Waals surface area contributed by atoms with Crippen LogP contribution in [0.15, 0.2) is 30.5 Å². The molecule has 19 heavy (non-hydrogen) atoms. The first kappa shape index (κ1) is 12.2. The van der Waals surface area contributed by atoms with Crippen molar-refractivity contribution in [3.63, 3.8) is 0 Å². The van der Waals surface area contributed by atoms with Gasteiger partial charge in [0, 0.05) is 21.2 Å². The normalized spacial score (nSPS) is 12.8. The Labute approximate surface area is 116 Å². The smallest absolute Gasteiger partial charge is 0.0881 e. The zero-order valence-corrected chi connectivity index (χ0v) is 12.1. The molecule has 4 heteroatoms. The third-order valence-corrected chi connectivity index (χ3v) is 4.38. The van der Waals surface area contributed by atoms with Crippen LogP contribution in [-0.4, -0.2) is 10.2 Å². The van der Waals surface area contributed by atoms with E-state index in [1.807, 2.05) is 17.5 Å². The molecule has 2 aromatic heterocycles. The number of H-pyrrole nitrogens is 1. The average molecular weight is 271 g/mol. The molecule has 0 saturated carbocycles. The first-order chi connectivity index (χ1) is 9.15. The number of thiophene rings is 1. The van der Waals surface area contributed by atoms with Gasteiger partial charge in [0.1, 0.15) is 0 Å². The van der Waals surface area contributed by atoms with E-state index in [1.54, 1.807) is 0 Å². The number of rotatable bonds is 3. The number of para-hydroxylation sites is 1. The van der Waals surface area contributed by atoms with Crippen LogP contribution in [0.1, 0.15) is 28.3 Å². The minimum Gasteiger partial charge on any atom is -0.377 e. The summed E-state index contributed by atoms with van der Waals surface area (Å²) in [5.41, 5.74) is 3.55. The number of hydrogen-bond acceptors (Lipinski definition) is 3. The molecule has 0 saturated heterocycles. The molecule has 0 bridgehead atoms. The Morgan fingerprint density at radius 2 is 2.16 bits per heavy atom. The van der Waals surface area contributed by atoms with Gasteiger partial charge in [0.2, 0.25) is 0 Å². The number of fused-ring (bicyclic) bond motifs is 1. The Hall–Kier alpha value is -1.81. The van der Waals surface area contributed by atoms with E-state index in [0.29, 0.717) is 6.04 Å². The minimum atomic E-state index is 0.291. The Bertz CT molecular complexity index is 711. The van der Waals surface area contributed by atoms with Crippen molar-refractivity contribution in [3.05, 3.63) is 45.8 Å². The van der Waals surface area contributed by atoms with E-state index in [9.17, 15) is 0 Å². The fourth-order valence-corrected chi connectivity index (χ4v) is 3.50. The van der Waals surface area contributed by atoms with Crippen molar-refractivity contribution in [1.82, 2.24) is 10.2 Å². The highest BCUT2D eigenvalue weighted by atomic mass is 32.1. The lowest BCUT2D eigenvalue weighted by atomic mass is 10.1. The zero-order chi connectivity index (χ0) is 13.4. The van der Waals surface area contributed by atoms with E-state index < -0.39 is 0 Å². The zero-order valence-electron chi connectivity index (χ0n) is 11.3. The second-order valence-corrected chi connectivity index (χ2v) is 6.33. The Morgan fingerprint density at radius 1 is 1.32 bits per heavy atom. The standard InChI is InChI=1S/C15H17N3S/c1-9-7-13(11(3)19-9)10(2)17-14-6-4-5-12-8-16-18-15(12)14/h4-8,10,17H,1-3H3,(H,16,18). The van der Waals surface area contributed by atoms with Gasteiger partial charge in [-0.1, -0.05) is 12.1 Å². The van der Waals surface area contributed by atoms with Crippen LogP contribution in [-0.2, 0) is 0 Å². The van der Waals surface area contributed by atoms with Gasteiger partial charge in [0.05, 0.1) is 17.4 Å². The van der Waals surface area contributed by atoms with Crippen molar-refractivity contribution in [2.45, 2.75) is 26.8 Å². The molecular weight excluding hydrogens is 254 g/mol. The van der Waals surface area contributed by atoms with Crippen molar-refractivity contribution in [2.24, 2.45) is 0 Å². The van der Waals surface area contributed by atoms with E-state index >= 15 is 0 Å². The summed E-state index contributed by atoms with van der Waals surface area (Å²) < 4.78 is 0. The number of hydrogen-bond donors (Lipinski definition) is 2. The van der Waals surface area contributed by atoms with Gasteiger partial charge < -0.3 is 5.32 Å². The van der Waals surface area contributed by atoms with Crippen LogP contribution in [0.25, 0.3) is 10.9 Å². The lowest BCUT2D eigenvalue weighted by Crippen LogP contribution is -2.07. The number of benzene rings is 1. The summed E-state index contributed by atoms with van der Waals surface area (Å²) in [5.74, 6) is 0. The van der Waals surface area contributed by atoms with Crippen molar-refractivity contribution >= 4 is 27.9 Å². The van der Waals surface area contributed by atoms with Crippen LogP contribution < -0.4 is 5.32 Å². The molecule has 0 radical (unpaired) electrons. The first-order valence-electron chi connectivity index (χ1n) is 6.40. The highest BCUT2D eigenvalue weighted by molar-refractivity contribution is 7.12. The van der Waals surface area contributed by atoms with Crippen LogP contribution in [0.5, 0.6) is 0 Å². The SMILES string of the molecule is Cc1cc(C(C)Nc2cccc3cn[nH]c23)c(C)s1. The Balaban J connectivity index is 1.92. The van der Waals surface area contributed by atoms with Crippen molar-refractivity contribution in [2.75, 3.05) is 5.32 Å². The van der Waals surface area contributed by atoms with Gasteiger partial charge >= 0.3 is 0 Å². The average Bonchev–Trinajstić information content (AvgIpc) is 2.96. The summed E-state index contributed by atoms with van der Waals surface area (Å²) in [4.78, 5) is 2.75. The van der Waals surface area contributed by atoms with Gasteiger partial charge in [-0.3, -0.25) is 5.10 Å².